The van der Waals surface area contributed by atoms with E-state index in [2.05, 4.69) is 5.32 Å². The van der Waals surface area contributed by atoms with Crippen LogP contribution in [-0.4, -0.2) is 36.3 Å². The maximum atomic E-state index is 12.1. The van der Waals surface area contributed by atoms with Crippen LogP contribution in [0.1, 0.15) is 18.4 Å². The van der Waals surface area contributed by atoms with E-state index in [4.69, 9.17) is 17.3 Å². The molecule has 0 spiro atoms. The van der Waals surface area contributed by atoms with Crippen LogP contribution in [0.25, 0.3) is 0 Å². The molecule has 1 saturated heterocycles. The highest BCUT2D eigenvalue weighted by atomic mass is 35.5. The lowest BCUT2D eigenvalue weighted by molar-refractivity contribution is -0.125. The molecule has 1 fully saturated rings. The van der Waals surface area contributed by atoms with Crippen molar-refractivity contribution >= 4 is 29.1 Å². The van der Waals surface area contributed by atoms with Gasteiger partial charge in [0.05, 0.1) is 12.5 Å². The van der Waals surface area contributed by atoms with Gasteiger partial charge in [-0.3, -0.25) is 14.5 Å². The number of rotatable bonds is 4. The van der Waals surface area contributed by atoms with E-state index in [1.54, 1.807) is 18.2 Å². The number of anilines is 1. The summed E-state index contributed by atoms with van der Waals surface area (Å²) < 4.78 is 0. The molecule has 0 radical (unpaired) electrons. The molecule has 2 rings (SSSR count). The summed E-state index contributed by atoms with van der Waals surface area (Å²) in [5.74, 6) is -0.525. The SMILES string of the molecule is Cc1cc(Cl)ccc1NC(=O)CN1CCCC(C(N)=O)C1. The third-order valence-corrected chi connectivity index (χ3v) is 3.97. The number of aryl methyl sites for hydroxylation is 1. The normalized spacial score (nSPS) is 19.2. The van der Waals surface area contributed by atoms with Crippen LogP contribution in [0.3, 0.4) is 0 Å². The number of carbonyl (C=O) groups is 2. The van der Waals surface area contributed by atoms with Gasteiger partial charge in [-0.2, -0.15) is 0 Å². The lowest BCUT2D eigenvalue weighted by Gasteiger charge is -2.30. The smallest absolute Gasteiger partial charge is 0.238 e. The summed E-state index contributed by atoms with van der Waals surface area (Å²) >= 11 is 5.89. The van der Waals surface area contributed by atoms with Crippen LogP contribution >= 0.6 is 11.6 Å². The maximum Gasteiger partial charge on any atom is 0.238 e. The van der Waals surface area contributed by atoms with Crippen LogP contribution < -0.4 is 11.1 Å². The zero-order valence-corrected chi connectivity index (χ0v) is 12.8. The Hall–Kier alpha value is -1.59. The van der Waals surface area contributed by atoms with Crippen LogP contribution in [0.4, 0.5) is 5.69 Å². The minimum atomic E-state index is -0.284. The molecule has 114 valence electrons. The Morgan fingerprint density at radius 2 is 2.24 bits per heavy atom. The van der Waals surface area contributed by atoms with Crippen molar-refractivity contribution in [3.63, 3.8) is 0 Å². The zero-order valence-electron chi connectivity index (χ0n) is 12.1. The minimum absolute atomic E-state index is 0.0921. The predicted octanol–water partition coefficient (Wildman–Crippen LogP) is 1.78. The molecule has 1 aliphatic heterocycles. The highest BCUT2D eigenvalue weighted by molar-refractivity contribution is 6.30. The number of benzene rings is 1. The van der Waals surface area contributed by atoms with Gasteiger partial charge in [-0.25, -0.2) is 0 Å². The first kappa shape index (κ1) is 15.8. The molecule has 0 aromatic heterocycles. The quantitative estimate of drug-likeness (QED) is 0.890. The molecule has 1 aromatic rings. The molecule has 0 aliphatic carbocycles. The number of nitrogens with one attached hydrogen (secondary N) is 1. The van der Waals surface area contributed by atoms with Crippen LogP contribution in [0.15, 0.2) is 18.2 Å². The average Bonchev–Trinajstić information content (AvgIpc) is 2.42. The molecular weight excluding hydrogens is 290 g/mol. The van der Waals surface area contributed by atoms with Gasteiger partial charge in [-0.05, 0) is 50.1 Å². The van der Waals surface area contributed by atoms with Gasteiger partial charge in [0.2, 0.25) is 11.8 Å². The van der Waals surface area contributed by atoms with E-state index < -0.39 is 0 Å². The van der Waals surface area contributed by atoms with Crippen molar-refractivity contribution in [2.75, 3.05) is 25.0 Å². The van der Waals surface area contributed by atoms with Crippen molar-refractivity contribution in [1.82, 2.24) is 4.90 Å². The fourth-order valence-electron chi connectivity index (χ4n) is 2.59. The number of nitrogens with zero attached hydrogens (tertiary/aromatic N) is 1. The first-order valence-electron chi connectivity index (χ1n) is 7.03. The zero-order chi connectivity index (χ0) is 15.4. The summed E-state index contributed by atoms with van der Waals surface area (Å²) in [7, 11) is 0. The molecule has 0 bridgehead atoms. The van der Waals surface area contributed by atoms with Crippen molar-refractivity contribution in [2.45, 2.75) is 19.8 Å². The second-order valence-corrected chi connectivity index (χ2v) is 5.92. The summed E-state index contributed by atoms with van der Waals surface area (Å²) in [6.45, 7) is 3.54. The highest BCUT2D eigenvalue weighted by Crippen LogP contribution is 2.20. The molecule has 2 amide bonds. The molecule has 1 aliphatic rings. The predicted molar refractivity (Wildman–Crippen MR) is 83.2 cm³/mol. The topological polar surface area (TPSA) is 75.4 Å². The fraction of sp³-hybridized carbons (Fsp3) is 0.467. The van der Waals surface area contributed by atoms with Gasteiger partial charge in [0, 0.05) is 17.3 Å². The van der Waals surface area contributed by atoms with Crippen LogP contribution in [0.2, 0.25) is 5.02 Å². The Morgan fingerprint density at radius 3 is 2.90 bits per heavy atom. The van der Waals surface area contributed by atoms with Crippen molar-refractivity contribution in [2.24, 2.45) is 11.7 Å². The number of piperidine rings is 1. The number of primary amides is 1. The Kier molecular flexibility index (Phi) is 5.20. The maximum absolute atomic E-state index is 12.1. The Bertz CT molecular complexity index is 548. The molecule has 21 heavy (non-hydrogen) atoms. The third-order valence-electron chi connectivity index (χ3n) is 3.74. The van der Waals surface area contributed by atoms with E-state index in [-0.39, 0.29) is 24.3 Å². The molecule has 1 unspecified atom stereocenters. The number of hydrogen-bond acceptors (Lipinski definition) is 3. The highest BCUT2D eigenvalue weighted by Gasteiger charge is 2.25. The lowest BCUT2D eigenvalue weighted by Crippen LogP contribution is -2.44. The van der Waals surface area contributed by atoms with Crippen LogP contribution in [0.5, 0.6) is 0 Å². The summed E-state index contributed by atoms with van der Waals surface area (Å²) in [4.78, 5) is 25.3. The second kappa shape index (κ2) is 6.91. The van der Waals surface area contributed by atoms with E-state index in [1.165, 1.54) is 0 Å². The van der Waals surface area contributed by atoms with Gasteiger partial charge < -0.3 is 11.1 Å². The second-order valence-electron chi connectivity index (χ2n) is 5.48. The monoisotopic (exact) mass is 309 g/mol. The Balaban J connectivity index is 1.91. The Morgan fingerprint density at radius 1 is 1.48 bits per heavy atom. The number of likely N-dealkylation sites (tertiary alicyclic amines) is 1. The summed E-state index contributed by atoms with van der Waals surface area (Å²) in [6.07, 6.45) is 1.70. The fourth-order valence-corrected chi connectivity index (χ4v) is 2.82. The molecule has 1 aromatic carbocycles. The van der Waals surface area contributed by atoms with Crippen molar-refractivity contribution < 1.29 is 9.59 Å². The number of halogens is 1. The molecule has 6 heteroatoms. The largest absolute Gasteiger partial charge is 0.369 e. The standard InChI is InChI=1S/C15H20ClN3O2/c1-10-7-12(16)4-5-13(10)18-14(20)9-19-6-2-3-11(8-19)15(17)21/h4-5,7,11H,2-3,6,8-9H2,1H3,(H2,17,21)(H,18,20). The van der Waals surface area contributed by atoms with E-state index in [0.29, 0.717) is 11.6 Å². The molecule has 1 atom stereocenters. The van der Waals surface area contributed by atoms with Gasteiger partial charge in [0.25, 0.3) is 0 Å². The van der Waals surface area contributed by atoms with Crippen molar-refractivity contribution in [1.29, 1.82) is 0 Å². The van der Waals surface area contributed by atoms with E-state index in [0.717, 1.165) is 30.6 Å². The summed E-state index contributed by atoms with van der Waals surface area (Å²) in [5, 5.41) is 3.52. The number of amides is 2. The third kappa shape index (κ3) is 4.44. The van der Waals surface area contributed by atoms with Crippen LogP contribution in [0, 0.1) is 12.8 Å². The van der Waals surface area contributed by atoms with Gasteiger partial charge in [0.15, 0.2) is 0 Å². The van der Waals surface area contributed by atoms with Crippen molar-refractivity contribution in [3.8, 4) is 0 Å². The van der Waals surface area contributed by atoms with E-state index in [9.17, 15) is 9.59 Å². The number of nitrogens with two attached hydrogens (primary N) is 1. The molecule has 1 heterocycles. The molecule has 0 saturated carbocycles. The van der Waals surface area contributed by atoms with Gasteiger partial charge in [0.1, 0.15) is 0 Å². The van der Waals surface area contributed by atoms with Gasteiger partial charge in [-0.15, -0.1) is 0 Å². The first-order chi connectivity index (χ1) is 9.95. The summed E-state index contributed by atoms with van der Waals surface area (Å²) in [6, 6.07) is 5.34. The van der Waals surface area contributed by atoms with Crippen molar-refractivity contribution in [3.05, 3.63) is 28.8 Å². The van der Waals surface area contributed by atoms with E-state index >= 15 is 0 Å². The minimum Gasteiger partial charge on any atom is -0.369 e. The number of hydrogen-bond donors (Lipinski definition) is 2. The molecule has 5 nitrogen and oxygen atoms in total. The van der Waals surface area contributed by atoms with E-state index in [1.807, 2.05) is 11.8 Å². The first-order valence-corrected chi connectivity index (χ1v) is 7.41. The van der Waals surface area contributed by atoms with Gasteiger partial charge >= 0.3 is 0 Å². The van der Waals surface area contributed by atoms with Crippen LogP contribution in [-0.2, 0) is 9.59 Å². The summed E-state index contributed by atoms with van der Waals surface area (Å²) in [5.41, 5.74) is 7.02. The Labute approximate surface area is 129 Å². The lowest BCUT2D eigenvalue weighted by atomic mass is 9.97. The molecule has 3 N–H and O–H groups in total. The molecular formula is C15H20ClN3O2. The average molecular weight is 310 g/mol. The number of carbonyl (C=O) groups excluding carboxylic acids is 2. The van der Waals surface area contributed by atoms with Gasteiger partial charge in [-0.1, -0.05) is 11.6 Å².